The molecule has 0 bridgehead atoms. The molecule has 7 aromatic carbocycles. The highest BCUT2D eigenvalue weighted by atomic mass is 15.0. The molecule has 10 aromatic rings. The fraction of sp³-hybridized carbons (Fsp3) is 0.0385. The molecule has 0 atom stereocenters. The highest BCUT2D eigenvalue weighted by molar-refractivity contribution is 6.12. The Morgan fingerprint density at radius 1 is 0.379 bits per heavy atom. The molecule has 0 amide bonds. The lowest BCUT2D eigenvalue weighted by Crippen LogP contribution is -2.04. The van der Waals surface area contributed by atoms with Crippen LogP contribution in [0, 0.1) is 47.8 Å². The van der Waals surface area contributed by atoms with E-state index in [1.165, 1.54) is 0 Å². The molecule has 0 aliphatic carbocycles. The van der Waals surface area contributed by atoms with Gasteiger partial charge >= 0.3 is 0 Å². The summed E-state index contributed by atoms with van der Waals surface area (Å²) in [5, 5.41) is 35.5. The number of nitriles is 3. The van der Waals surface area contributed by atoms with Crippen molar-refractivity contribution in [3.8, 4) is 63.0 Å². The first-order valence-corrected chi connectivity index (χ1v) is 19.1. The highest BCUT2D eigenvalue weighted by Gasteiger charge is 2.23. The van der Waals surface area contributed by atoms with E-state index in [1.54, 1.807) is 0 Å². The second-order valence-electron chi connectivity index (χ2n) is 14.6. The molecule has 0 saturated carbocycles. The molecule has 0 aliphatic rings. The quantitative estimate of drug-likeness (QED) is 0.175. The second kappa shape index (κ2) is 13.5. The van der Waals surface area contributed by atoms with Gasteiger partial charge in [0, 0.05) is 38.5 Å². The molecule has 3 aromatic heterocycles. The Morgan fingerprint density at radius 2 is 0.828 bits per heavy atom. The summed E-state index contributed by atoms with van der Waals surface area (Å²) in [6.45, 7) is 4.02. The SMILES string of the molecule is Cc1cc(-c2cc(-n3c4ccccc4c4ccc(-c5ccccc5C#N)cc43)c(C#N)cc2-n2c3ccccc3c3ccc(-c4ccccc4C#N)cc32)cc(C)n1. The molecule has 0 saturated heterocycles. The summed E-state index contributed by atoms with van der Waals surface area (Å²) in [7, 11) is 0. The maximum Gasteiger partial charge on any atom is 0.101 e. The third kappa shape index (κ3) is 5.35. The van der Waals surface area contributed by atoms with Gasteiger partial charge in [-0.05, 0) is 102 Å². The fourth-order valence-corrected chi connectivity index (χ4v) is 8.72. The zero-order valence-electron chi connectivity index (χ0n) is 31.7. The molecule has 0 N–H and O–H groups in total. The molecule has 0 aliphatic heterocycles. The molecule has 6 heteroatoms. The van der Waals surface area contributed by atoms with Crippen LogP contribution in [0.4, 0.5) is 0 Å². The Bertz CT molecular complexity index is 3450. The standard InChI is InChI=1S/C52H32N6/c1-32-23-38(24-33(2)56-32)46-28-49(57-47-17-9-7-15-42(47)44-21-19-34(25-50(44)57)40-13-5-3-11-36(40)29-53)39(31-55)27-52(46)58-48-18-10-8-16-43(48)45-22-20-35(26-51(45)58)41-14-6-4-12-37(41)30-54/h3-28H,1-2H3. The number of aromatic nitrogens is 3. The number of nitrogens with zero attached hydrogens (tertiary/aromatic N) is 6. The van der Waals surface area contributed by atoms with Crippen LogP contribution in [0.2, 0.25) is 0 Å². The molecule has 6 nitrogen and oxygen atoms in total. The zero-order valence-corrected chi connectivity index (χ0v) is 31.7. The van der Waals surface area contributed by atoms with Gasteiger partial charge in [-0.1, -0.05) is 97.1 Å². The van der Waals surface area contributed by atoms with Crippen LogP contribution in [0.5, 0.6) is 0 Å². The highest BCUT2D eigenvalue weighted by Crippen LogP contribution is 2.42. The minimum atomic E-state index is 0.503. The molecule has 58 heavy (non-hydrogen) atoms. The van der Waals surface area contributed by atoms with E-state index in [0.717, 1.165) is 99.8 Å². The van der Waals surface area contributed by atoms with E-state index >= 15 is 0 Å². The van der Waals surface area contributed by atoms with Crippen LogP contribution in [-0.4, -0.2) is 14.1 Å². The van der Waals surface area contributed by atoms with Gasteiger partial charge in [0.15, 0.2) is 0 Å². The first kappa shape index (κ1) is 34.3. The average molecular weight is 741 g/mol. The minimum absolute atomic E-state index is 0.503. The number of hydrogen-bond acceptors (Lipinski definition) is 4. The summed E-state index contributed by atoms with van der Waals surface area (Å²) in [6.07, 6.45) is 0. The fourth-order valence-electron chi connectivity index (χ4n) is 8.72. The average Bonchev–Trinajstić information content (AvgIpc) is 3.77. The summed E-state index contributed by atoms with van der Waals surface area (Å²) in [6, 6.07) is 60.4. The van der Waals surface area contributed by atoms with Crippen molar-refractivity contribution in [3.63, 3.8) is 0 Å². The number of aryl methyl sites for hydroxylation is 2. The molecule has 0 spiro atoms. The van der Waals surface area contributed by atoms with Gasteiger partial charge < -0.3 is 9.13 Å². The van der Waals surface area contributed by atoms with Crippen molar-refractivity contribution >= 4 is 43.6 Å². The normalized spacial score (nSPS) is 11.2. The molecule has 0 radical (unpaired) electrons. The lowest BCUT2D eigenvalue weighted by atomic mass is 9.97. The van der Waals surface area contributed by atoms with Gasteiger partial charge in [-0.15, -0.1) is 0 Å². The molecule has 0 fully saturated rings. The second-order valence-corrected chi connectivity index (χ2v) is 14.6. The first-order chi connectivity index (χ1) is 28.4. The van der Waals surface area contributed by atoms with Gasteiger partial charge in [0.2, 0.25) is 0 Å². The maximum absolute atomic E-state index is 11.2. The zero-order chi connectivity index (χ0) is 39.5. The lowest BCUT2D eigenvalue weighted by molar-refractivity contribution is 1.11. The van der Waals surface area contributed by atoms with Crippen molar-refractivity contribution < 1.29 is 0 Å². The lowest BCUT2D eigenvalue weighted by Gasteiger charge is -2.19. The Kier molecular flexibility index (Phi) is 7.98. The molecule has 10 rings (SSSR count). The van der Waals surface area contributed by atoms with Crippen LogP contribution in [0.15, 0.2) is 158 Å². The topological polar surface area (TPSA) is 94.1 Å². The number of para-hydroxylation sites is 2. The summed E-state index contributed by atoms with van der Waals surface area (Å²) in [4.78, 5) is 4.74. The van der Waals surface area contributed by atoms with Gasteiger partial charge in [0.05, 0.1) is 62.3 Å². The van der Waals surface area contributed by atoms with E-state index in [-0.39, 0.29) is 0 Å². The Morgan fingerprint density at radius 3 is 1.34 bits per heavy atom. The molecule has 270 valence electrons. The van der Waals surface area contributed by atoms with Crippen molar-refractivity contribution in [2.75, 3.05) is 0 Å². The van der Waals surface area contributed by atoms with E-state index in [2.05, 4.69) is 112 Å². The summed E-state index contributed by atoms with van der Waals surface area (Å²) in [5.74, 6) is 0. The summed E-state index contributed by atoms with van der Waals surface area (Å²) in [5.41, 5.74) is 14.4. The number of pyridine rings is 1. The predicted molar refractivity (Wildman–Crippen MR) is 233 cm³/mol. The van der Waals surface area contributed by atoms with E-state index < -0.39 is 0 Å². The van der Waals surface area contributed by atoms with Gasteiger partial charge in [-0.3, -0.25) is 4.98 Å². The van der Waals surface area contributed by atoms with Crippen molar-refractivity contribution in [3.05, 3.63) is 186 Å². The number of fused-ring (bicyclic) bond motifs is 6. The predicted octanol–water partition coefficient (Wildman–Crippen LogP) is 12.5. The third-order valence-corrected chi connectivity index (χ3v) is 11.2. The third-order valence-electron chi connectivity index (χ3n) is 11.2. The van der Waals surface area contributed by atoms with Crippen LogP contribution < -0.4 is 0 Å². The van der Waals surface area contributed by atoms with Crippen molar-refractivity contribution in [2.24, 2.45) is 0 Å². The van der Waals surface area contributed by atoms with Crippen LogP contribution >= 0.6 is 0 Å². The Balaban J connectivity index is 1.32. The van der Waals surface area contributed by atoms with Crippen molar-refractivity contribution in [2.45, 2.75) is 13.8 Å². The number of hydrogen-bond donors (Lipinski definition) is 0. The molecular formula is C52H32N6. The summed E-state index contributed by atoms with van der Waals surface area (Å²) < 4.78 is 4.45. The minimum Gasteiger partial charge on any atom is -0.309 e. The van der Waals surface area contributed by atoms with Crippen molar-refractivity contribution in [1.29, 1.82) is 15.8 Å². The molecule has 3 heterocycles. The van der Waals surface area contributed by atoms with E-state index in [1.807, 2.05) is 86.6 Å². The smallest absolute Gasteiger partial charge is 0.101 e. The largest absolute Gasteiger partial charge is 0.309 e. The Labute approximate surface area is 335 Å². The number of rotatable bonds is 5. The Hall–Kier alpha value is -8.24. The maximum atomic E-state index is 11.2. The van der Waals surface area contributed by atoms with E-state index in [0.29, 0.717) is 16.7 Å². The number of benzene rings is 7. The molecular weight excluding hydrogens is 709 g/mol. The van der Waals surface area contributed by atoms with Crippen LogP contribution in [-0.2, 0) is 0 Å². The van der Waals surface area contributed by atoms with Gasteiger partial charge in [-0.25, -0.2) is 0 Å². The van der Waals surface area contributed by atoms with Gasteiger partial charge in [0.25, 0.3) is 0 Å². The van der Waals surface area contributed by atoms with Gasteiger partial charge in [0.1, 0.15) is 6.07 Å². The molecule has 0 unspecified atom stereocenters. The van der Waals surface area contributed by atoms with Crippen LogP contribution in [0.25, 0.3) is 88.4 Å². The first-order valence-electron chi connectivity index (χ1n) is 19.1. The van der Waals surface area contributed by atoms with Crippen molar-refractivity contribution in [1.82, 2.24) is 14.1 Å². The monoisotopic (exact) mass is 740 g/mol. The summed E-state index contributed by atoms with van der Waals surface area (Å²) >= 11 is 0. The van der Waals surface area contributed by atoms with E-state index in [9.17, 15) is 15.8 Å². The van der Waals surface area contributed by atoms with Crippen LogP contribution in [0.3, 0.4) is 0 Å². The van der Waals surface area contributed by atoms with Crippen LogP contribution in [0.1, 0.15) is 28.1 Å². The van der Waals surface area contributed by atoms with E-state index in [4.69, 9.17) is 4.98 Å². The van der Waals surface area contributed by atoms with Gasteiger partial charge in [-0.2, -0.15) is 15.8 Å².